The van der Waals surface area contributed by atoms with E-state index in [1.165, 1.54) is 0 Å². The molecule has 14 heavy (non-hydrogen) atoms. The normalized spacial score (nSPS) is 10.3. The third kappa shape index (κ3) is 2.26. The zero-order valence-corrected chi connectivity index (χ0v) is 9.26. The second-order valence-corrected chi connectivity index (χ2v) is 3.32. The Morgan fingerprint density at radius 3 is 2.71 bits per heavy atom. The quantitative estimate of drug-likeness (QED) is 0.719. The minimum absolute atomic E-state index is 0.187. The zero-order valence-electron chi connectivity index (χ0n) is 8.50. The van der Waals surface area contributed by atoms with Crippen LogP contribution >= 0.6 is 11.6 Å². The first kappa shape index (κ1) is 11.0. The molecule has 78 valence electrons. The van der Waals surface area contributed by atoms with Gasteiger partial charge in [-0.05, 0) is 13.8 Å². The average Bonchev–Trinajstić information content (AvgIpc) is 2.33. The van der Waals surface area contributed by atoms with Gasteiger partial charge in [0.05, 0.1) is 18.7 Å². The number of carbonyl (C=O) groups excluding carboxylic acids is 1. The molecule has 0 atom stereocenters. The van der Waals surface area contributed by atoms with E-state index in [4.69, 9.17) is 16.3 Å². The summed E-state index contributed by atoms with van der Waals surface area (Å²) in [4.78, 5) is 11.2. The van der Waals surface area contributed by atoms with Crippen LogP contribution in [0.4, 0.5) is 0 Å². The molecule has 0 saturated carbocycles. The number of aromatic nitrogens is 2. The summed E-state index contributed by atoms with van der Waals surface area (Å²) in [6.45, 7) is 3.98. The highest BCUT2D eigenvalue weighted by atomic mass is 35.5. The molecule has 0 amide bonds. The highest BCUT2D eigenvalue weighted by molar-refractivity contribution is 6.30. The van der Waals surface area contributed by atoms with Gasteiger partial charge in [0.15, 0.2) is 0 Å². The topological polar surface area (TPSA) is 44.1 Å². The average molecular weight is 217 g/mol. The van der Waals surface area contributed by atoms with E-state index < -0.39 is 0 Å². The van der Waals surface area contributed by atoms with E-state index in [0.29, 0.717) is 11.8 Å². The van der Waals surface area contributed by atoms with Crippen LogP contribution in [0.5, 0.6) is 0 Å². The van der Waals surface area contributed by atoms with Crippen LogP contribution in [0.2, 0.25) is 5.15 Å². The molecule has 0 aromatic carbocycles. The first-order chi connectivity index (χ1) is 6.56. The SMILES string of the molecule is CCOC(=O)Cc1c(C)nn(C)c1Cl. The maximum Gasteiger partial charge on any atom is 0.310 e. The highest BCUT2D eigenvalue weighted by Crippen LogP contribution is 2.19. The molecule has 0 aliphatic rings. The van der Waals surface area contributed by atoms with Gasteiger partial charge in [0, 0.05) is 12.6 Å². The summed E-state index contributed by atoms with van der Waals surface area (Å²) in [7, 11) is 1.74. The summed E-state index contributed by atoms with van der Waals surface area (Å²) >= 11 is 5.95. The second kappa shape index (κ2) is 4.46. The Balaban J connectivity index is 2.81. The van der Waals surface area contributed by atoms with Crippen molar-refractivity contribution in [3.63, 3.8) is 0 Å². The lowest BCUT2D eigenvalue weighted by molar-refractivity contribution is -0.142. The van der Waals surface area contributed by atoms with Gasteiger partial charge in [-0.3, -0.25) is 9.48 Å². The van der Waals surface area contributed by atoms with E-state index in [-0.39, 0.29) is 12.4 Å². The first-order valence-corrected chi connectivity index (χ1v) is 4.77. The van der Waals surface area contributed by atoms with Crippen molar-refractivity contribution in [3.05, 3.63) is 16.4 Å². The molecule has 1 aromatic rings. The van der Waals surface area contributed by atoms with E-state index >= 15 is 0 Å². The molecule has 0 radical (unpaired) electrons. The van der Waals surface area contributed by atoms with Crippen LogP contribution in [0.25, 0.3) is 0 Å². The monoisotopic (exact) mass is 216 g/mol. The van der Waals surface area contributed by atoms with Crippen molar-refractivity contribution in [1.82, 2.24) is 9.78 Å². The Bertz CT molecular complexity index is 347. The smallest absolute Gasteiger partial charge is 0.310 e. The number of carbonyl (C=O) groups is 1. The van der Waals surface area contributed by atoms with Crippen LogP contribution in [0.3, 0.4) is 0 Å². The number of halogens is 1. The molecular formula is C9H13ClN2O2. The van der Waals surface area contributed by atoms with E-state index in [2.05, 4.69) is 5.10 Å². The fraction of sp³-hybridized carbons (Fsp3) is 0.556. The number of hydrogen-bond acceptors (Lipinski definition) is 3. The van der Waals surface area contributed by atoms with E-state index in [0.717, 1.165) is 11.3 Å². The van der Waals surface area contributed by atoms with Gasteiger partial charge in [0.2, 0.25) is 0 Å². The number of nitrogens with zero attached hydrogens (tertiary/aromatic N) is 2. The fourth-order valence-corrected chi connectivity index (χ4v) is 1.47. The third-order valence-electron chi connectivity index (χ3n) is 1.90. The van der Waals surface area contributed by atoms with E-state index in [1.807, 2.05) is 6.92 Å². The minimum Gasteiger partial charge on any atom is -0.466 e. The third-order valence-corrected chi connectivity index (χ3v) is 2.37. The van der Waals surface area contributed by atoms with Crippen molar-refractivity contribution in [2.24, 2.45) is 7.05 Å². The molecule has 0 bridgehead atoms. The highest BCUT2D eigenvalue weighted by Gasteiger charge is 2.15. The second-order valence-electron chi connectivity index (χ2n) is 2.96. The Kier molecular flexibility index (Phi) is 3.52. The van der Waals surface area contributed by atoms with Crippen LogP contribution in [-0.2, 0) is 23.0 Å². The zero-order chi connectivity index (χ0) is 10.7. The fourth-order valence-electron chi connectivity index (χ4n) is 1.23. The lowest BCUT2D eigenvalue weighted by atomic mass is 10.2. The number of esters is 1. The molecule has 0 spiro atoms. The summed E-state index contributed by atoms with van der Waals surface area (Å²) < 4.78 is 6.38. The van der Waals surface area contributed by atoms with Gasteiger partial charge < -0.3 is 4.74 Å². The standard InChI is InChI=1S/C9H13ClN2O2/c1-4-14-8(13)5-7-6(2)11-12(3)9(7)10/h4-5H2,1-3H3. The Hall–Kier alpha value is -1.03. The maximum absolute atomic E-state index is 11.2. The number of hydrogen-bond donors (Lipinski definition) is 0. The van der Waals surface area contributed by atoms with Crippen molar-refractivity contribution in [3.8, 4) is 0 Å². The van der Waals surface area contributed by atoms with Gasteiger partial charge in [0.1, 0.15) is 5.15 Å². The lowest BCUT2D eigenvalue weighted by Gasteiger charge is -2.00. The predicted molar refractivity (Wildman–Crippen MR) is 53.3 cm³/mol. The van der Waals surface area contributed by atoms with Crippen LogP contribution in [-0.4, -0.2) is 22.4 Å². The molecule has 0 saturated heterocycles. The van der Waals surface area contributed by atoms with E-state index in [9.17, 15) is 4.79 Å². The van der Waals surface area contributed by atoms with Gasteiger partial charge in [-0.2, -0.15) is 5.10 Å². The van der Waals surface area contributed by atoms with Crippen LogP contribution in [0, 0.1) is 6.92 Å². The summed E-state index contributed by atoms with van der Waals surface area (Å²) in [6, 6.07) is 0. The largest absolute Gasteiger partial charge is 0.466 e. The van der Waals surface area contributed by atoms with Gasteiger partial charge in [0.25, 0.3) is 0 Å². The van der Waals surface area contributed by atoms with Crippen molar-refractivity contribution in [2.75, 3.05) is 6.61 Å². The van der Waals surface area contributed by atoms with Crippen molar-refractivity contribution in [1.29, 1.82) is 0 Å². The predicted octanol–water partition coefficient (Wildman–Crippen LogP) is 1.49. The number of ether oxygens (including phenoxy) is 1. The molecule has 4 nitrogen and oxygen atoms in total. The van der Waals surface area contributed by atoms with Crippen LogP contribution < -0.4 is 0 Å². The number of rotatable bonds is 3. The Morgan fingerprint density at radius 1 is 1.64 bits per heavy atom. The molecule has 1 aromatic heterocycles. The van der Waals surface area contributed by atoms with Crippen LogP contribution in [0.1, 0.15) is 18.2 Å². The van der Waals surface area contributed by atoms with E-state index in [1.54, 1.807) is 18.7 Å². The molecule has 0 aliphatic carbocycles. The molecule has 1 rings (SSSR count). The summed E-state index contributed by atoms with van der Waals surface area (Å²) in [5, 5.41) is 4.60. The van der Waals surface area contributed by atoms with Crippen molar-refractivity contribution in [2.45, 2.75) is 20.3 Å². The van der Waals surface area contributed by atoms with Gasteiger partial charge in [-0.1, -0.05) is 11.6 Å². The summed E-state index contributed by atoms with van der Waals surface area (Å²) in [5.41, 5.74) is 1.51. The van der Waals surface area contributed by atoms with Gasteiger partial charge in [-0.25, -0.2) is 0 Å². The minimum atomic E-state index is -0.273. The summed E-state index contributed by atoms with van der Waals surface area (Å²) in [5.74, 6) is -0.273. The Morgan fingerprint density at radius 2 is 2.29 bits per heavy atom. The van der Waals surface area contributed by atoms with Gasteiger partial charge >= 0.3 is 5.97 Å². The molecule has 5 heteroatoms. The molecule has 1 heterocycles. The first-order valence-electron chi connectivity index (χ1n) is 4.39. The molecule has 0 N–H and O–H groups in total. The van der Waals surface area contributed by atoms with Crippen LogP contribution in [0.15, 0.2) is 0 Å². The molecule has 0 fully saturated rings. The number of aryl methyl sites for hydroxylation is 2. The van der Waals surface area contributed by atoms with Gasteiger partial charge in [-0.15, -0.1) is 0 Å². The molecule has 0 unspecified atom stereocenters. The Labute approximate surface area is 87.8 Å². The maximum atomic E-state index is 11.2. The molecule has 0 aliphatic heterocycles. The molecular weight excluding hydrogens is 204 g/mol. The summed E-state index contributed by atoms with van der Waals surface area (Å²) in [6.07, 6.45) is 0.187. The lowest BCUT2D eigenvalue weighted by Crippen LogP contribution is -2.08. The van der Waals surface area contributed by atoms with Crippen molar-refractivity contribution < 1.29 is 9.53 Å². The van der Waals surface area contributed by atoms with Crippen molar-refractivity contribution >= 4 is 17.6 Å².